The van der Waals surface area contributed by atoms with Crippen LogP contribution in [0.1, 0.15) is 43.2 Å². The molecule has 1 aliphatic carbocycles. The molecule has 2 aromatic heterocycles. The average molecular weight is 491 g/mol. The van der Waals surface area contributed by atoms with Crippen LogP contribution in [-0.4, -0.2) is 37.1 Å². The number of benzene rings is 1. The maximum Gasteiger partial charge on any atom is 0.267 e. The first kappa shape index (κ1) is 22.8. The van der Waals surface area contributed by atoms with Crippen LogP contribution in [0.25, 0.3) is 11.7 Å². The number of hydrogen-bond donors (Lipinski definition) is 1. The van der Waals surface area contributed by atoms with Gasteiger partial charge in [-0.25, -0.2) is 4.98 Å². The van der Waals surface area contributed by atoms with Gasteiger partial charge in [0.2, 0.25) is 0 Å². The zero-order valence-corrected chi connectivity index (χ0v) is 20.4. The van der Waals surface area contributed by atoms with Gasteiger partial charge in [-0.05, 0) is 43.0 Å². The Balaban J connectivity index is 1.46. The van der Waals surface area contributed by atoms with Crippen LogP contribution >= 0.6 is 24.0 Å². The normalized spacial score (nSPS) is 18.2. The van der Waals surface area contributed by atoms with E-state index in [0.29, 0.717) is 32.8 Å². The number of aromatic nitrogens is 2. The van der Waals surface area contributed by atoms with Crippen LogP contribution in [-0.2, 0) is 11.2 Å². The fourth-order valence-electron chi connectivity index (χ4n) is 4.49. The van der Waals surface area contributed by atoms with E-state index in [1.54, 1.807) is 23.2 Å². The number of pyridine rings is 1. The van der Waals surface area contributed by atoms with Crippen molar-refractivity contribution >= 4 is 51.7 Å². The summed E-state index contributed by atoms with van der Waals surface area (Å²) in [6.07, 6.45) is 9.77. The van der Waals surface area contributed by atoms with Crippen LogP contribution in [0.15, 0.2) is 64.4 Å². The lowest BCUT2D eigenvalue weighted by molar-refractivity contribution is -0.122. The Hall–Kier alpha value is -2.97. The second-order valence-corrected chi connectivity index (χ2v) is 10.3. The van der Waals surface area contributed by atoms with Crippen molar-refractivity contribution in [1.82, 2.24) is 14.3 Å². The number of nitrogens with zero attached hydrogens (tertiary/aromatic N) is 3. The second-order valence-electron chi connectivity index (χ2n) is 8.66. The minimum absolute atomic E-state index is 0.160. The number of hydrogen-bond acceptors (Lipinski definition) is 6. The van der Waals surface area contributed by atoms with Crippen molar-refractivity contribution in [3.8, 4) is 0 Å². The minimum atomic E-state index is -0.196. The van der Waals surface area contributed by atoms with Gasteiger partial charge in [0.1, 0.15) is 15.8 Å². The van der Waals surface area contributed by atoms with E-state index >= 15 is 0 Å². The van der Waals surface area contributed by atoms with E-state index in [9.17, 15) is 9.59 Å². The zero-order valence-electron chi connectivity index (χ0n) is 18.8. The van der Waals surface area contributed by atoms with Crippen LogP contribution in [0.2, 0.25) is 0 Å². The van der Waals surface area contributed by atoms with Crippen molar-refractivity contribution in [3.05, 3.63) is 81.1 Å². The van der Waals surface area contributed by atoms with E-state index in [-0.39, 0.29) is 17.5 Å². The molecule has 1 aromatic carbocycles. The molecule has 0 unspecified atom stereocenters. The third-order valence-electron chi connectivity index (χ3n) is 6.33. The third-order valence-corrected chi connectivity index (χ3v) is 7.71. The molecule has 3 heterocycles. The molecule has 0 atom stereocenters. The van der Waals surface area contributed by atoms with Gasteiger partial charge < -0.3 is 5.32 Å². The number of rotatable bonds is 6. The molecule has 0 radical (unpaired) electrons. The third kappa shape index (κ3) is 4.79. The summed E-state index contributed by atoms with van der Waals surface area (Å²) in [7, 11) is 0. The zero-order chi connectivity index (χ0) is 23.5. The van der Waals surface area contributed by atoms with Crippen molar-refractivity contribution in [3.63, 3.8) is 0 Å². The number of amides is 1. The van der Waals surface area contributed by atoms with Gasteiger partial charge in [-0.1, -0.05) is 79.6 Å². The lowest BCUT2D eigenvalue weighted by Crippen LogP contribution is -2.30. The van der Waals surface area contributed by atoms with E-state index in [2.05, 4.69) is 5.32 Å². The molecule has 1 N–H and O–H groups in total. The highest BCUT2D eigenvalue weighted by molar-refractivity contribution is 8.26. The molecule has 1 amide bonds. The SMILES string of the molecule is O=C1/C(=C/c2c(NC3CCCCC3)nc3ccccn3c2=O)SC(=S)N1CCc1ccccc1. The summed E-state index contributed by atoms with van der Waals surface area (Å²) in [6, 6.07) is 15.8. The number of fused-ring (bicyclic) bond motifs is 1. The van der Waals surface area contributed by atoms with Gasteiger partial charge >= 0.3 is 0 Å². The molecule has 1 aliphatic heterocycles. The van der Waals surface area contributed by atoms with Crippen LogP contribution in [0.5, 0.6) is 0 Å². The molecule has 6 nitrogen and oxygen atoms in total. The number of thioether (sulfide) groups is 1. The topological polar surface area (TPSA) is 66.7 Å². The van der Waals surface area contributed by atoms with Crippen LogP contribution in [0.4, 0.5) is 5.82 Å². The lowest BCUT2D eigenvalue weighted by atomic mass is 9.95. The number of carbonyl (C=O) groups is 1. The van der Waals surface area contributed by atoms with E-state index in [0.717, 1.165) is 24.8 Å². The standard InChI is InChI=1S/C26H26N4O2S2/c31-24-20(17-21-25(32)30(26(33)34-21)16-14-18-9-3-1-4-10-18)23(27-19-11-5-2-6-12-19)28-22-13-7-8-15-29(22)24/h1,3-4,7-10,13,15,17,19,27H,2,5-6,11-12,14,16H2/b21-17-. The Labute approximate surface area is 208 Å². The average Bonchev–Trinajstić information content (AvgIpc) is 3.13. The second kappa shape index (κ2) is 10.1. The molecular formula is C26H26N4O2S2. The fourth-order valence-corrected chi connectivity index (χ4v) is 5.78. The minimum Gasteiger partial charge on any atom is -0.367 e. The maximum absolute atomic E-state index is 13.4. The summed E-state index contributed by atoms with van der Waals surface area (Å²) in [5.41, 5.74) is 1.94. The summed E-state index contributed by atoms with van der Waals surface area (Å²) >= 11 is 6.76. The molecule has 1 saturated heterocycles. The van der Waals surface area contributed by atoms with Gasteiger partial charge in [0.15, 0.2) is 0 Å². The molecule has 0 spiro atoms. The first-order chi connectivity index (χ1) is 16.6. The highest BCUT2D eigenvalue weighted by Crippen LogP contribution is 2.33. The molecule has 34 heavy (non-hydrogen) atoms. The first-order valence-corrected chi connectivity index (χ1v) is 12.9. The largest absolute Gasteiger partial charge is 0.367 e. The molecule has 0 bridgehead atoms. The van der Waals surface area contributed by atoms with E-state index in [1.807, 2.05) is 42.5 Å². The van der Waals surface area contributed by atoms with Gasteiger partial charge in [-0.2, -0.15) is 0 Å². The first-order valence-electron chi connectivity index (χ1n) is 11.7. The summed E-state index contributed by atoms with van der Waals surface area (Å²) in [5.74, 6) is 0.379. The number of nitrogens with one attached hydrogen (secondary N) is 1. The molecule has 2 fully saturated rings. The highest BCUT2D eigenvalue weighted by Gasteiger charge is 2.32. The van der Waals surface area contributed by atoms with E-state index in [4.69, 9.17) is 17.2 Å². The predicted octanol–water partition coefficient (Wildman–Crippen LogP) is 4.88. The van der Waals surface area contributed by atoms with Gasteiger partial charge in [-0.15, -0.1) is 0 Å². The van der Waals surface area contributed by atoms with Gasteiger partial charge in [0.05, 0.1) is 10.5 Å². The molecule has 2 aliphatic rings. The summed E-state index contributed by atoms with van der Waals surface area (Å²) in [4.78, 5) is 33.5. The van der Waals surface area contributed by atoms with Crippen molar-refractivity contribution in [2.45, 2.75) is 44.6 Å². The van der Waals surface area contributed by atoms with Gasteiger partial charge in [0.25, 0.3) is 11.5 Å². The van der Waals surface area contributed by atoms with Crippen LogP contribution in [0.3, 0.4) is 0 Å². The molecule has 3 aromatic rings. The Kier molecular flexibility index (Phi) is 6.78. The Morgan fingerprint density at radius 2 is 1.82 bits per heavy atom. The lowest BCUT2D eigenvalue weighted by Gasteiger charge is -2.24. The Morgan fingerprint density at radius 1 is 1.06 bits per heavy atom. The summed E-state index contributed by atoms with van der Waals surface area (Å²) < 4.78 is 2.04. The maximum atomic E-state index is 13.4. The fraction of sp³-hybridized carbons (Fsp3) is 0.308. The van der Waals surface area contributed by atoms with Crippen molar-refractivity contribution in [2.75, 3.05) is 11.9 Å². The highest BCUT2D eigenvalue weighted by atomic mass is 32.2. The van der Waals surface area contributed by atoms with Crippen LogP contribution in [0, 0.1) is 0 Å². The molecule has 174 valence electrons. The monoisotopic (exact) mass is 490 g/mol. The molecule has 5 rings (SSSR count). The number of thiocarbonyl (C=S) groups is 1. The number of anilines is 1. The Morgan fingerprint density at radius 3 is 2.62 bits per heavy atom. The van der Waals surface area contributed by atoms with Crippen LogP contribution < -0.4 is 10.9 Å². The smallest absolute Gasteiger partial charge is 0.267 e. The summed E-state index contributed by atoms with van der Waals surface area (Å²) in [5, 5.41) is 3.50. The molecule has 8 heteroatoms. The van der Waals surface area contributed by atoms with Crippen molar-refractivity contribution < 1.29 is 4.79 Å². The molecular weight excluding hydrogens is 464 g/mol. The predicted molar refractivity (Wildman–Crippen MR) is 142 cm³/mol. The number of carbonyl (C=O) groups excluding carboxylic acids is 1. The molecule has 1 saturated carbocycles. The van der Waals surface area contributed by atoms with Gasteiger partial charge in [0, 0.05) is 18.8 Å². The quantitative estimate of drug-likeness (QED) is 0.392. The summed E-state index contributed by atoms with van der Waals surface area (Å²) in [6.45, 7) is 0.508. The van der Waals surface area contributed by atoms with E-state index < -0.39 is 0 Å². The Bertz CT molecular complexity index is 1310. The van der Waals surface area contributed by atoms with E-state index in [1.165, 1.54) is 35.4 Å². The van der Waals surface area contributed by atoms with Gasteiger partial charge in [-0.3, -0.25) is 18.9 Å². The van der Waals surface area contributed by atoms with Crippen molar-refractivity contribution in [1.29, 1.82) is 0 Å². The van der Waals surface area contributed by atoms with Crippen molar-refractivity contribution in [2.24, 2.45) is 0 Å².